The Morgan fingerprint density at radius 1 is 0.448 bits per heavy atom. The fourth-order valence-corrected chi connectivity index (χ4v) is 14.8. The molecule has 0 spiro atoms. The Hall–Kier alpha value is 1.06. The van der Waals surface area contributed by atoms with Gasteiger partial charge in [-0.1, -0.05) is 13.8 Å². The molecule has 0 unspecified atom stereocenters. The summed E-state index contributed by atoms with van der Waals surface area (Å²) in [7, 11) is 3.63. The van der Waals surface area contributed by atoms with E-state index < -0.39 is 11.2 Å². The van der Waals surface area contributed by atoms with Gasteiger partial charge in [-0.05, 0) is 0 Å². The molecule has 0 saturated heterocycles. The minimum Gasteiger partial charge on any atom is -0.0654 e. The summed E-state index contributed by atoms with van der Waals surface area (Å²) in [6, 6.07) is 0. The fraction of sp³-hybridized carbons (Fsp3) is 1.00. The zero-order valence-corrected chi connectivity index (χ0v) is 23.7. The Morgan fingerprint density at radius 2 is 0.690 bits per heavy atom. The van der Waals surface area contributed by atoms with Crippen molar-refractivity contribution in [3.63, 3.8) is 0 Å². The molecule has 0 atom stereocenters. The molecule has 4 heteroatoms. The average Bonchev–Trinajstić information content (AvgIpc) is 2.70. The zero-order valence-electron chi connectivity index (χ0n) is 20.2. The first-order valence-electron chi connectivity index (χ1n) is 13.0. The Labute approximate surface area is 193 Å². The first-order valence-corrected chi connectivity index (χ1v) is 22.1. The second kappa shape index (κ2) is 23.7. The average molecular weight is 509 g/mol. The maximum atomic E-state index is 12.7. The zero-order chi connectivity index (χ0) is 21.5. The summed E-state index contributed by atoms with van der Waals surface area (Å²) in [6.07, 6.45) is 27.7. The van der Waals surface area contributed by atoms with E-state index in [4.69, 9.17) is 0 Å². The van der Waals surface area contributed by atoms with Crippen LogP contribution in [0, 0.1) is 0 Å². The van der Waals surface area contributed by atoms with E-state index in [1.54, 1.807) is 0 Å². The Kier molecular flexibility index (Phi) is 24.6. The third kappa shape index (κ3) is 25.2. The van der Waals surface area contributed by atoms with Crippen molar-refractivity contribution in [3.05, 3.63) is 0 Å². The molecule has 0 radical (unpaired) electrons. The molecular weight excluding hydrogens is 455 g/mol. The summed E-state index contributed by atoms with van der Waals surface area (Å²) in [5.41, 5.74) is 2.06. The second-order valence-electron chi connectivity index (χ2n) is 8.80. The van der Waals surface area contributed by atoms with Crippen LogP contribution in [0.15, 0.2) is 0 Å². The van der Waals surface area contributed by atoms with E-state index in [0.29, 0.717) is 0 Å². The van der Waals surface area contributed by atoms with Gasteiger partial charge in [-0.15, -0.1) is 0 Å². The van der Waals surface area contributed by atoms with Crippen LogP contribution in [-0.2, 0) is 3.74 Å². The topological polar surface area (TPSA) is 17.1 Å². The molecule has 29 heavy (non-hydrogen) atoms. The summed E-state index contributed by atoms with van der Waals surface area (Å²) in [5, 5.41) is 0. The van der Waals surface area contributed by atoms with Crippen LogP contribution in [0.25, 0.3) is 0 Å². The van der Waals surface area contributed by atoms with E-state index in [2.05, 4.69) is 19.6 Å². The van der Waals surface area contributed by atoms with Crippen molar-refractivity contribution in [2.45, 2.75) is 148 Å². The van der Waals surface area contributed by atoms with Gasteiger partial charge in [0.2, 0.25) is 0 Å². The number of hydrogen-bond donors (Lipinski definition) is 0. The standard InChI is InChI=1S/C25H53AsOS2/c1-4-6-8-10-12-14-16-18-20-22-24-28-26(3,27)29-25-23-21-19-17-15-13-11-9-7-5-2/h4-25H2,1-3H3. The van der Waals surface area contributed by atoms with Gasteiger partial charge in [-0.3, -0.25) is 0 Å². The van der Waals surface area contributed by atoms with Crippen molar-refractivity contribution in [1.29, 1.82) is 0 Å². The molecule has 0 saturated carbocycles. The molecule has 0 aromatic heterocycles. The van der Waals surface area contributed by atoms with Gasteiger partial charge in [0, 0.05) is 0 Å². The first-order chi connectivity index (χ1) is 14.1. The predicted octanol–water partition coefficient (Wildman–Crippen LogP) is 10.3. The third-order valence-electron chi connectivity index (χ3n) is 5.65. The predicted molar refractivity (Wildman–Crippen MR) is 141 cm³/mol. The van der Waals surface area contributed by atoms with Crippen LogP contribution in [-0.4, -0.2) is 22.7 Å². The Morgan fingerprint density at radius 3 is 0.966 bits per heavy atom. The van der Waals surface area contributed by atoms with Gasteiger partial charge in [0.15, 0.2) is 0 Å². The minimum absolute atomic E-state index is 1.12. The fourth-order valence-electron chi connectivity index (χ4n) is 3.68. The van der Waals surface area contributed by atoms with E-state index in [-0.39, 0.29) is 0 Å². The van der Waals surface area contributed by atoms with Crippen LogP contribution < -0.4 is 0 Å². The smallest absolute Gasteiger partial charge is 0.0654 e. The van der Waals surface area contributed by atoms with Gasteiger partial charge in [-0.25, -0.2) is 0 Å². The van der Waals surface area contributed by atoms with Gasteiger partial charge in [0.1, 0.15) is 0 Å². The van der Waals surface area contributed by atoms with Gasteiger partial charge in [0.25, 0.3) is 0 Å². The summed E-state index contributed by atoms with van der Waals surface area (Å²) < 4.78 is 12.7. The van der Waals surface area contributed by atoms with Crippen molar-refractivity contribution in [2.75, 3.05) is 11.5 Å². The van der Waals surface area contributed by atoms with Crippen LogP contribution in [0.3, 0.4) is 0 Å². The molecule has 1 nitrogen and oxygen atoms in total. The monoisotopic (exact) mass is 508 g/mol. The minimum atomic E-state index is -2.66. The third-order valence-corrected chi connectivity index (χ3v) is 19.0. The molecule has 0 N–H and O–H groups in total. The van der Waals surface area contributed by atoms with Crippen LogP contribution >= 0.6 is 20.0 Å². The van der Waals surface area contributed by atoms with E-state index in [0.717, 1.165) is 11.5 Å². The van der Waals surface area contributed by atoms with Crippen LogP contribution in [0.2, 0.25) is 5.71 Å². The van der Waals surface area contributed by atoms with E-state index in [1.807, 2.05) is 20.0 Å². The first kappa shape index (κ1) is 30.1. The van der Waals surface area contributed by atoms with Gasteiger partial charge < -0.3 is 0 Å². The van der Waals surface area contributed by atoms with Crippen molar-refractivity contribution < 1.29 is 3.74 Å². The van der Waals surface area contributed by atoms with Gasteiger partial charge in [-0.2, -0.15) is 0 Å². The summed E-state index contributed by atoms with van der Waals surface area (Å²) in [4.78, 5) is 0. The van der Waals surface area contributed by atoms with E-state index >= 15 is 0 Å². The molecule has 0 aromatic rings. The SMILES string of the molecule is CCCCCCCCCCCCS[As](C)(=O)SCCCCCCCCCCCC. The summed E-state index contributed by atoms with van der Waals surface area (Å²) in [5.74, 6) is 2.24. The second-order valence-corrected chi connectivity index (χ2v) is 25.1. The molecule has 0 fully saturated rings. The van der Waals surface area contributed by atoms with Gasteiger partial charge in [0.05, 0.1) is 0 Å². The number of hydrogen-bond acceptors (Lipinski definition) is 3. The molecule has 176 valence electrons. The molecule has 0 aromatic carbocycles. The molecule has 0 bridgehead atoms. The number of rotatable bonds is 24. The van der Waals surface area contributed by atoms with Crippen molar-refractivity contribution in [3.8, 4) is 0 Å². The molecule has 0 heterocycles. The number of unbranched alkanes of at least 4 members (excludes halogenated alkanes) is 18. The molecule has 0 aliphatic rings. The van der Waals surface area contributed by atoms with Crippen LogP contribution in [0.4, 0.5) is 0 Å². The van der Waals surface area contributed by atoms with Crippen molar-refractivity contribution >= 4 is 31.2 Å². The molecule has 0 aliphatic heterocycles. The van der Waals surface area contributed by atoms with Crippen molar-refractivity contribution in [1.82, 2.24) is 0 Å². The maximum absolute atomic E-state index is 12.7. The van der Waals surface area contributed by atoms with E-state index in [9.17, 15) is 3.74 Å². The summed E-state index contributed by atoms with van der Waals surface area (Å²) in [6.45, 7) is 4.57. The molecular formula is C25H53AsOS2. The quantitative estimate of drug-likeness (QED) is 0.0953. The summed E-state index contributed by atoms with van der Waals surface area (Å²) >= 11 is -2.66. The Bertz CT molecular complexity index is 333. The van der Waals surface area contributed by atoms with E-state index in [1.165, 1.54) is 128 Å². The van der Waals surface area contributed by atoms with Crippen LogP contribution in [0.5, 0.6) is 0 Å². The molecule has 0 aliphatic carbocycles. The van der Waals surface area contributed by atoms with Gasteiger partial charge >= 0.3 is 181 Å². The van der Waals surface area contributed by atoms with Crippen molar-refractivity contribution in [2.24, 2.45) is 0 Å². The molecule has 0 amide bonds. The molecule has 0 rings (SSSR count). The van der Waals surface area contributed by atoms with Crippen LogP contribution in [0.1, 0.15) is 142 Å². The Balaban J connectivity index is 3.31. The normalized spacial score (nSPS) is 12.0.